The van der Waals surface area contributed by atoms with Crippen LogP contribution in [0.4, 0.5) is 0 Å². The van der Waals surface area contributed by atoms with Gasteiger partial charge in [-0.15, -0.1) is 0 Å². The lowest BCUT2D eigenvalue weighted by molar-refractivity contribution is -0.161. The van der Waals surface area contributed by atoms with Crippen molar-refractivity contribution in [3.8, 4) is 0 Å². The van der Waals surface area contributed by atoms with Crippen LogP contribution in [-0.4, -0.2) is 95.9 Å². The minimum atomic E-state index is -4.94. The van der Waals surface area contributed by atoms with E-state index in [9.17, 15) is 43.5 Å². The summed E-state index contributed by atoms with van der Waals surface area (Å²) in [7, 11) is -9.81. The second-order valence-electron chi connectivity index (χ2n) is 29.3. The number of hydrogen-bond donors (Lipinski definition) is 4. The van der Waals surface area contributed by atoms with E-state index in [-0.39, 0.29) is 19.3 Å². The first-order valence-electron chi connectivity index (χ1n) is 44.1. The van der Waals surface area contributed by atoms with Crippen molar-refractivity contribution in [1.82, 2.24) is 0 Å². The Bertz CT molecular complexity index is 2600. The predicted octanol–water partition coefficient (Wildman–Crippen LogP) is 26.8. The molecule has 0 aromatic heterocycles. The zero-order valence-electron chi connectivity index (χ0n) is 70.1. The molecule has 0 aliphatic carbocycles. The average molecular weight is 1600 g/mol. The van der Waals surface area contributed by atoms with Crippen LogP contribution in [0.25, 0.3) is 0 Å². The van der Waals surface area contributed by atoms with Crippen LogP contribution >= 0.6 is 15.6 Å². The summed E-state index contributed by atoms with van der Waals surface area (Å²) >= 11 is 0. The Morgan fingerprint density at radius 3 is 0.757 bits per heavy atom. The summed E-state index contributed by atoms with van der Waals surface area (Å²) in [6, 6.07) is 0. The fourth-order valence-corrected chi connectivity index (χ4v) is 13.5. The van der Waals surface area contributed by atoms with E-state index in [1.54, 1.807) is 0 Å². The van der Waals surface area contributed by atoms with E-state index in [4.69, 9.17) is 32.3 Å². The van der Waals surface area contributed by atoms with Gasteiger partial charge in [-0.05, 0) is 141 Å². The molecule has 0 fully saturated rings. The van der Waals surface area contributed by atoms with Crippen LogP contribution in [0.1, 0.15) is 367 Å². The smallest absolute Gasteiger partial charge is 0.463 e. The molecular formula is C93H160O16P2. The van der Waals surface area contributed by atoms with Gasteiger partial charge in [-0.2, -0.15) is 0 Å². The van der Waals surface area contributed by atoms with Gasteiger partial charge in [0.2, 0.25) is 0 Å². The quantitative estimate of drug-likeness (QED) is 0.0146. The molecule has 16 nitrogen and oxygen atoms in total. The third-order valence-corrected chi connectivity index (χ3v) is 20.4. The van der Waals surface area contributed by atoms with Crippen LogP contribution in [-0.2, 0) is 55.8 Å². The number of aliphatic hydroxyl groups is 2. The molecular weight excluding hydrogens is 1430 g/mol. The number of hydrogen-bond acceptors (Lipinski definition) is 14. The Balaban J connectivity index is 4.43. The highest BCUT2D eigenvalue weighted by atomic mass is 31.2. The summed E-state index contributed by atoms with van der Waals surface area (Å²) in [6.45, 7) is 2.44. The highest BCUT2D eigenvalue weighted by Gasteiger charge is 2.29. The van der Waals surface area contributed by atoms with Crippen LogP contribution in [0, 0.1) is 0 Å². The molecule has 18 heteroatoms. The molecule has 0 amide bonds. The van der Waals surface area contributed by atoms with E-state index >= 15 is 0 Å². The number of ether oxygens (including phenoxy) is 3. The summed E-state index contributed by atoms with van der Waals surface area (Å²) in [5.74, 6) is -1.59. The van der Waals surface area contributed by atoms with E-state index in [2.05, 4.69) is 167 Å². The summed E-state index contributed by atoms with van der Waals surface area (Å²) < 4.78 is 61.3. The summed E-state index contributed by atoms with van der Waals surface area (Å²) in [6.07, 6.45) is 106. The monoisotopic (exact) mass is 1600 g/mol. The van der Waals surface area contributed by atoms with Gasteiger partial charge in [-0.3, -0.25) is 32.5 Å². The third-order valence-electron chi connectivity index (χ3n) is 18.5. The van der Waals surface area contributed by atoms with Crippen molar-refractivity contribution in [1.29, 1.82) is 0 Å². The molecule has 0 heterocycles. The van der Waals surface area contributed by atoms with Crippen LogP contribution in [0.15, 0.2) is 146 Å². The van der Waals surface area contributed by atoms with Gasteiger partial charge in [-0.1, -0.05) is 353 Å². The number of rotatable bonds is 83. The average Bonchev–Trinajstić information content (AvgIpc) is 0.901. The normalized spacial score (nSPS) is 14.5. The van der Waals surface area contributed by atoms with Gasteiger partial charge in [0.25, 0.3) is 0 Å². The number of carbonyl (C=O) groups is 3. The lowest BCUT2D eigenvalue weighted by Gasteiger charge is -2.21. The molecule has 0 radical (unpaired) electrons. The first kappa shape index (κ1) is 106. The van der Waals surface area contributed by atoms with E-state index < -0.39 is 91.5 Å². The summed E-state index contributed by atoms with van der Waals surface area (Å²) in [5, 5.41) is 20.7. The van der Waals surface area contributed by atoms with Crippen molar-refractivity contribution < 1.29 is 75.8 Å². The Morgan fingerprint density at radius 1 is 0.261 bits per heavy atom. The maximum Gasteiger partial charge on any atom is 0.472 e. The minimum Gasteiger partial charge on any atom is -0.463 e. The molecule has 638 valence electrons. The van der Waals surface area contributed by atoms with Crippen LogP contribution in [0.5, 0.6) is 0 Å². The topological polar surface area (TPSA) is 231 Å². The first-order valence-corrected chi connectivity index (χ1v) is 47.1. The molecule has 0 rings (SSSR count). The molecule has 4 N–H and O–H groups in total. The number of carbonyl (C=O) groups excluding carboxylic acids is 3. The minimum absolute atomic E-state index is 0.0815. The zero-order valence-corrected chi connectivity index (χ0v) is 71.9. The number of phosphoric acid groups is 2. The van der Waals surface area contributed by atoms with Crippen LogP contribution in [0.2, 0.25) is 0 Å². The Hall–Kier alpha value is -4.57. The van der Waals surface area contributed by atoms with E-state index in [1.165, 1.54) is 154 Å². The van der Waals surface area contributed by atoms with E-state index in [1.807, 2.05) is 0 Å². The van der Waals surface area contributed by atoms with Crippen molar-refractivity contribution in [2.24, 2.45) is 0 Å². The molecule has 0 saturated carbocycles. The maximum atomic E-state index is 13.0. The largest absolute Gasteiger partial charge is 0.472 e. The lowest BCUT2D eigenvalue weighted by atomic mass is 10.0. The Labute approximate surface area is 677 Å². The highest BCUT2D eigenvalue weighted by molar-refractivity contribution is 7.47. The van der Waals surface area contributed by atoms with Gasteiger partial charge in [0.1, 0.15) is 25.4 Å². The van der Waals surface area contributed by atoms with Gasteiger partial charge in [0.15, 0.2) is 6.10 Å². The molecule has 0 spiro atoms. The fourth-order valence-electron chi connectivity index (χ4n) is 11.9. The Kier molecular flexibility index (Phi) is 81.3. The molecule has 5 unspecified atom stereocenters. The first-order chi connectivity index (χ1) is 54.2. The van der Waals surface area contributed by atoms with Crippen molar-refractivity contribution in [3.63, 3.8) is 0 Å². The van der Waals surface area contributed by atoms with Crippen molar-refractivity contribution in [2.45, 2.75) is 386 Å². The number of esters is 3. The highest BCUT2D eigenvalue weighted by Crippen LogP contribution is 2.45. The van der Waals surface area contributed by atoms with Crippen molar-refractivity contribution in [3.05, 3.63) is 146 Å². The SMILES string of the molecule is CC/C=C\C/C=C\C/C=C\C/C=C\C/C=C\CCCCCCCCCCCCCCCCCCCCCC(=O)OCC(O)COP(=O)(O)OCC(O)COP(=O)(O)OCC(COC(=O)CCCCCCCCCCC/C=C\C/C=C\C/C=C\C/C=C\CCCCC)OC(=O)CCCCCCC/C=C\C/C=C\C/C=C\CC. The van der Waals surface area contributed by atoms with Crippen LogP contribution in [0.3, 0.4) is 0 Å². The van der Waals surface area contributed by atoms with Crippen molar-refractivity contribution in [2.75, 3.05) is 39.6 Å². The molecule has 111 heavy (non-hydrogen) atoms. The van der Waals surface area contributed by atoms with Gasteiger partial charge in [0.05, 0.1) is 26.4 Å². The number of phosphoric ester groups is 2. The summed E-state index contributed by atoms with van der Waals surface area (Å²) in [5.41, 5.74) is 0. The zero-order chi connectivity index (χ0) is 80.8. The molecule has 0 aliphatic heterocycles. The molecule has 0 aliphatic rings. The molecule has 5 atom stereocenters. The number of unbranched alkanes of at least 4 members (excludes halogenated alkanes) is 36. The molecule has 0 saturated heterocycles. The third kappa shape index (κ3) is 86.1. The molecule has 0 aromatic carbocycles. The summed E-state index contributed by atoms with van der Waals surface area (Å²) in [4.78, 5) is 58.8. The number of allylic oxidation sites excluding steroid dienone is 24. The van der Waals surface area contributed by atoms with Gasteiger partial charge in [-0.25, -0.2) is 9.13 Å². The standard InChI is InChI=1S/C93H160O16P2/c1-4-7-10-13-16-19-22-25-28-30-32-34-36-38-39-40-41-42-43-44-45-46-47-49-51-52-54-56-59-61-64-67-70-73-76-79-91(96)103-82-88(94)83-105-110(99,100)106-84-89(95)85-107-111(101,102)108-87-90(109-93(98)81-78-75-72-69-66-63-58-27-24-21-18-15-12-9-6-3)86-104-92(97)80-77-74-71-68-65-62-60-57-55-53-50-48-37-35-33-31-29-26-23-20-17-14-11-8-5-2/h7,9-10,12,16-21,25-29,32-35,38-39,48,50,58,88-90,94-95H,4-6,8,11,13-15,22-24,30-31,36-37,40-47,49,51-57,59-87H2,1-3H3,(H,99,100)(H,101,102)/b10-7-,12-9-,19-16-,20-17-,21-18-,28-25-,29-26-,34-32-,35-33-,39-38-,50-48-,58-27-. The van der Waals surface area contributed by atoms with E-state index in [0.717, 1.165) is 154 Å². The van der Waals surface area contributed by atoms with Gasteiger partial charge in [0, 0.05) is 19.3 Å². The fraction of sp³-hybridized carbons (Fsp3) is 0.710. The maximum absolute atomic E-state index is 13.0. The van der Waals surface area contributed by atoms with E-state index in [0.29, 0.717) is 19.3 Å². The second-order valence-corrected chi connectivity index (χ2v) is 32.2. The Morgan fingerprint density at radius 2 is 0.477 bits per heavy atom. The van der Waals surface area contributed by atoms with Crippen LogP contribution < -0.4 is 0 Å². The molecule has 0 bridgehead atoms. The lowest BCUT2D eigenvalue weighted by Crippen LogP contribution is -2.30. The second kappa shape index (κ2) is 84.8. The molecule has 0 aromatic rings. The van der Waals surface area contributed by atoms with Crippen molar-refractivity contribution >= 4 is 33.6 Å². The number of aliphatic hydroxyl groups excluding tert-OH is 2. The van der Waals surface area contributed by atoms with Gasteiger partial charge >= 0.3 is 33.6 Å². The van der Waals surface area contributed by atoms with Gasteiger partial charge < -0.3 is 34.2 Å². The predicted molar refractivity (Wildman–Crippen MR) is 463 cm³/mol.